The van der Waals surface area contributed by atoms with Crippen LogP contribution in [0.2, 0.25) is 0 Å². The van der Waals surface area contributed by atoms with Crippen LogP contribution in [0.3, 0.4) is 0 Å². The van der Waals surface area contributed by atoms with Crippen molar-refractivity contribution in [3.63, 3.8) is 0 Å². The topological polar surface area (TPSA) is 94.9 Å². The highest BCUT2D eigenvalue weighted by Crippen LogP contribution is 2.36. The van der Waals surface area contributed by atoms with Gasteiger partial charge in [-0.2, -0.15) is 0 Å². The first kappa shape index (κ1) is 22.5. The normalized spacial score (nSPS) is 18.4. The lowest BCUT2D eigenvalue weighted by Crippen LogP contribution is -2.49. The number of carbonyl (C=O) groups excluding carboxylic acids is 3. The van der Waals surface area contributed by atoms with Crippen LogP contribution in [0.25, 0.3) is 0 Å². The van der Waals surface area contributed by atoms with Crippen LogP contribution in [-0.4, -0.2) is 47.3 Å². The van der Waals surface area contributed by atoms with Crippen LogP contribution in [0, 0.1) is 0 Å². The lowest BCUT2D eigenvalue weighted by Gasteiger charge is -2.31. The smallest absolute Gasteiger partial charge is 0.322 e. The minimum absolute atomic E-state index is 0.174. The second-order valence-corrected chi connectivity index (χ2v) is 8.65. The molecule has 3 aromatic rings. The summed E-state index contributed by atoms with van der Waals surface area (Å²) in [7, 11) is 1.64. The number of benzene rings is 2. The van der Waals surface area contributed by atoms with Gasteiger partial charge in [-0.05, 0) is 23.3 Å². The average molecular weight is 471 g/mol. The Labute approximate surface area is 203 Å². The molecule has 2 aliphatic heterocycles. The molecule has 0 saturated carbocycles. The molecule has 0 aliphatic carbocycles. The molecule has 178 valence electrons. The Hall–Kier alpha value is -4.33. The van der Waals surface area contributed by atoms with Crippen LogP contribution in [0.15, 0.2) is 94.7 Å². The van der Waals surface area contributed by atoms with E-state index < -0.39 is 12.1 Å². The summed E-state index contributed by atoms with van der Waals surface area (Å²) in [5, 5.41) is 5.84. The number of nitrogens with zero attached hydrogens (tertiary/aromatic N) is 2. The molecule has 0 fully saturated rings. The van der Waals surface area contributed by atoms with E-state index in [4.69, 9.17) is 4.42 Å². The summed E-state index contributed by atoms with van der Waals surface area (Å²) in [5.41, 5.74) is 2.86. The number of hydrogen-bond donors (Lipinski definition) is 2. The largest absolute Gasteiger partial charge is 0.467 e. The average Bonchev–Trinajstić information content (AvgIpc) is 3.53. The van der Waals surface area contributed by atoms with Crippen LogP contribution in [0.1, 0.15) is 22.9 Å². The summed E-state index contributed by atoms with van der Waals surface area (Å²) >= 11 is 0. The zero-order valence-corrected chi connectivity index (χ0v) is 19.3. The fraction of sp³-hybridized carbons (Fsp3) is 0.222. The zero-order chi connectivity index (χ0) is 24.4. The highest BCUT2D eigenvalue weighted by Gasteiger charge is 2.46. The molecule has 0 spiro atoms. The number of hydrogen-bond acceptors (Lipinski definition) is 4. The molecule has 2 atom stereocenters. The molecule has 2 aliphatic rings. The van der Waals surface area contributed by atoms with E-state index in [-0.39, 0.29) is 30.9 Å². The highest BCUT2D eigenvalue weighted by atomic mass is 16.3. The van der Waals surface area contributed by atoms with E-state index in [1.807, 2.05) is 60.7 Å². The van der Waals surface area contributed by atoms with E-state index in [0.29, 0.717) is 23.5 Å². The third-order valence-electron chi connectivity index (χ3n) is 6.49. The number of rotatable bonds is 7. The van der Waals surface area contributed by atoms with Crippen molar-refractivity contribution in [2.45, 2.75) is 25.0 Å². The molecule has 0 bridgehead atoms. The van der Waals surface area contributed by atoms with Gasteiger partial charge in [-0.1, -0.05) is 60.7 Å². The predicted octanol–water partition coefficient (Wildman–Crippen LogP) is 3.00. The van der Waals surface area contributed by atoms with Crippen molar-refractivity contribution in [2.75, 3.05) is 13.6 Å². The number of likely N-dealkylation sites (N-methyl/N-ethyl adjacent to an activating group) is 1. The number of urea groups is 1. The summed E-state index contributed by atoms with van der Waals surface area (Å²) in [6.45, 7) is 0.395. The third kappa shape index (κ3) is 4.42. The fourth-order valence-corrected chi connectivity index (χ4v) is 4.62. The Morgan fingerprint density at radius 1 is 1.06 bits per heavy atom. The van der Waals surface area contributed by atoms with E-state index >= 15 is 0 Å². The number of carbonyl (C=O) groups is 3. The summed E-state index contributed by atoms with van der Waals surface area (Å²) in [6.07, 6.45) is 1.90. The van der Waals surface area contributed by atoms with Crippen LogP contribution < -0.4 is 10.6 Å². The standard InChI is InChI=1S/C27H26N4O4/c1-30-22-17-31(26(33)23(22)24(29-27(30)34)19-11-6-3-7-12-19)21(15-18-9-4-2-5-10-18)25(32)28-16-20-13-8-14-35-20/h2-14,21,24H,15-17H2,1H3,(H,28,32)(H,29,34). The maximum Gasteiger partial charge on any atom is 0.322 e. The van der Waals surface area contributed by atoms with Crippen molar-refractivity contribution in [3.05, 3.63) is 107 Å². The lowest BCUT2D eigenvalue weighted by atomic mass is 9.95. The van der Waals surface area contributed by atoms with Gasteiger partial charge in [0.15, 0.2) is 0 Å². The SMILES string of the molecule is CN1C(=O)NC(c2ccccc2)C2=C1CN(C(Cc1ccccc1)C(=O)NCc1ccco1)C2=O. The van der Waals surface area contributed by atoms with Gasteiger partial charge in [-0.25, -0.2) is 4.79 Å². The Balaban J connectivity index is 1.45. The first-order valence-electron chi connectivity index (χ1n) is 11.5. The molecule has 4 amide bonds. The molecule has 8 nitrogen and oxygen atoms in total. The van der Waals surface area contributed by atoms with Gasteiger partial charge >= 0.3 is 6.03 Å². The van der Waals surface area contributed by atoms with Crippen molar-refractivity contribution in [2.24, 2.45) is 0 Å². The molecule has 0 saturated heterocycles. The van der Waals surface area contributed by atoms with E-state index in [1.54, 1.807) is 30.3 Å². The maximum absolute atomic E-state index is 13.8. The quantitative estimate of drug-likeness (QED) is 0.555. The van der Waals surface area contributed by atoms with Crippen molar-refractivity contribution in [1.82, 2.24) is 20.4 Å². The Morgan fingerprint density at radius 2 is 1.77 bits per heavy atom. The van der Waals surface area contributed by atoms with Gasteiger partial charge in [0, 0.05) is 13.5 Å². The molecule has 8 heteroatoms. The molecule has 2 unspecified atom stereocenters. The Bertz CT molecular complexity index is 1250. The van der Waals surface area contributed by atoms with Crippen molar-refractivity contribution >= 4 is 17.8 Å². The molecular formula is C27H26N4O4. The first-order valence-corrected chi connectivity index (χ1v) is 11.5. The summed E-state index contributed by atoms with van der Waals surface area (Å²) < 4.78 is 5.34. The predicted molar refractivity (Wildman–Crippen MR) is 129 cm³/mol. The van der Waals surface area contributed by atoms with E-state index in [0.717, 1.165) is 11.1 Å². The lowest BCUT2D eigenvalue weighted by molar-refractivity contribution is -0.136. The minimum atomic E-state index is -0.759. The van der Waals surface area contributed by atoms with Crippen molar-refractivity contribution in [1.29, 1.82) is 0 Å². The third-order valence-corrected chi connectivity index (χ3v) is 6.49. The minimum Gasteiger partial charge on any atom is -0.467 e. The molecule has 0 radical (unpaired) electrons. The molecule has 3 heterocycles. The molecule has 1 aromatic heterocycles. The summed E-state index contributed by atoms with van der Waals surface area (Å²) in [6, 6.07) is 20.9. The molecule has 35 heavy (non-hydrogen) atoms. The van der Waals surface area contributed by atoms with Crippen LogP contribution >= 0.6 is 0 Å². The second kappa shape index (κ2) is 9.50. The van der Waals surface area contributed by atoms with E-state index in [9.17, 15) is 14.4 Å². The van der Waals surface area contributed by atoms with Gasteiger partial charge in [0.05, 0.1) is 36.7 Å². The van der Waals surface area contributed by atoms with Gasteiger partial charge in [-0.3, -0.25) is 14.5 Å². The Morgan fingerprint density at radius 3 is 2.46 bits per heavy atom. The highest BCUT2D eigenvalue weighted by molar-refractivity contribution is 6.03. The van der Waals surface area contributed by atoms with Gasteiger partial charge in [-0.15, -0.1) is 0 Å². The number of nitrogens with one attached hydrogen (secondary N) is 2. The molecule has 5 rings (SSSR count). The van der Waals surface area contributed by atoms with Crippen LogP contribution in [0.5, 0.6) is 0 Å². The van der Waals surface area contributed by atoms with Gasteiger partial charge in [0.25, 0.3) is 5.91 Å². The molecule has 2 aromatic carbocycles. The summed E-state index contributed by atoms with van der Waals surface area (Å²) in [4.78, 5) is 43.0. The van der Waals surface area contributed by atoms with Crippen LogP contribution in [-0.2, 0) is 22.6 Å². The van der Waals surface area contributed by atoms with Gasteiger partial charge in [0.1, 0.15) is 11.8 Å². The first-order chi connectivity index (χ1) is 17.0. The van der Waals surface area contributed by atoms with E-state index in [1.165, 1.54) is 4.90 Å². The number of furan rings is 1. The van der Waals surface area contributed by atoms with E-state index in [2.05, 4.69) is 10.6 Å². The Kier molecular flexibility index (Phi) is 6.10. The molecule has 2 N–H and O–H groups in total. The number of amides is 4. The van der Waals surface area contributed by atoms with Crippen LogP contribution in [0.4, 0.5) is 4.79 Å². The maximum atomic E-state index is 13.8. The van der Waals surface area contributed by atoms with Gasteiger partial charge < -0.3 is 20.0 Å². The molecular weight excluding hydrogens is 444 g/mol. The van der Waals surface area contributed by atoms with Crippen molar-refractivity contribution in [3.8, 4) is 0 Å². The second-order valence-electron chi connectivity index (χ2n) is 8.65. The van der Waals surface area contributed by atoms with Gasteiger partial charge in [0.2, 0.25) is 5.91 Å². The summed E-state index contributed by atoms with van der Waals surface area (Å²) in [5.74, 6) is 0.0899. The van der Waals surface area contributed by atoms with Crippen molar-refractivity contribution < 1.29 is 18.8 Å². The zero-order valence-electron chi connectivity index (χ0n) is 19.3. The monoisotopic (exact) mass is 470 g/mol. The fourth-order valence-electron chi connectivity index (χ4n) is 4.62.